The van der Waals surface area contributed by atoms with E-state index >= 15 is 0 Å². The third kappa shape index (κ3) is 18.3. The Kier molecular flexibility index (Phi) is 19.5. The first-order valence-corrected chi connectivity index (χ1v) is 16.5. The molecule has 0 spiro atoms. The smallest absolute Gasteiger partial charge is 0.326 e. The SMILES string of the molecule is CC(C)C[C@H](NC(=O)[C@H](CCC(N)=O)NC(=O)CNC(=O)[C@@H](N)Cc1ccc(O)cc1)C(=O)NCC(=O)N[C@@H](CO)C(=O)N[C@@H](CCC(N)=O)C(=O)O. The number of phenolic OH excluding ortho intramolecular Hbond substituents is 1. The van der Waals surface area contributed by atoms with E-state index in [2.05, 4.69) is 31.9 Å². The van der Waals surface area contributed by atoms with E-state index in [-0.39, 0.29) is 50.2 Å². The predicted molar refractivity (Wildman–Crippen MR) is 185 cm³/mol. The molecule has 0 aliphatic carbocycles. The predicted octanol–water partition coefficient (Wildman–Crippen LogP) is -4.91. The number of carboxylic acids is 1. The number of amides is 8. The van der Waals surface area contributed by atoms with Gasteiger partial charge >= 0.3 is 5.97 Å². The van der Waals surface area contributed by atoms with Crippen LogP contribution in [0, 0.1) is 5.92 Å². The van der Waals surface area contributed by atoms with Crippen molar-refractivity contribution in [2.45, 2.75) is 82.6 Å². The van der Waals surface area contributed by atoms with E-state index in [0.29, 0.717) is 5.56 Å². The number of hydrogen-bond donors (Lipinski definition) is 12. The summed E-state index contributed by atoms with van der Waals surface area (Å²) in [6, 6.07) is -0.872. The fourth-order valence-corrected chi connectivity index (χ4v) is 4.60. The average Bonchev–Trinajstić information content (AvgIpc) is 3.08. The first-order chi connectivity index (χ1) is 24.8. The van der Waals surface area contributed by atoms with Gasteiger partial charge in [0.2, 0.25) is 47.3 Å². The molecular weight excluding hydrogens is 702 g/mol. The molecule has 0 unspecified atom stereocenters. The number of nitrogens with two attached hydrogens (primary N) is 3. The molecule has 8 amide bonds. The number of carbonyl (C=O) groups excluding carboxylic acids is 8. The van der Waals surface area contributed by atoms with Crippen molar-refractivity contribution in [2.24, 2.45) is 23.1 Å². The Morgan fingerprint density at radius 3 is 1.62 bits per heavy atom. The van der Waals surface area contributed by atoms with Gasteiger partial charge in [0.1, 0.15) is 29.9 Å². The summed E-state index contributed by atoms with van der Waals surface area (Å²) in [5, 5.41) is 42.0. The minimum absolute atomic E-state index is 0.0316. The van der Waals surface area contributed by atoms with Crippen LogP contribution in [0.3, 0.4) is 0 Å². The number of aromatic hydroxyl groups is 1. The summed E-state index contributed by atoms with van der Waals surface area (Å²) >= 11 is 0. The molecule has 294 valence electrons. The highest BCUT2D eigenvalue weighted by Gasteiger charge is 2.30. The maximum atomic E-state index is 13.3. The van der Waals surface area contributed by atoms with E-state index in [1.165, 1.54) is 12.1 Å². The zero-order valence-corrected chi connectivity index (χ0v) is 29.4. The van der Waals surface area contributed by atoms with E-state index in [0.717, 1.165) is 0 Å². The lowest BCUT2D eigenvalue weighted by Crippen LogP contribution is -2.57. The third-order valence-electron chi connectivity index (χ3n) is 7.37. The van der Waals surface area contributed by atoms with E-state index in [1.807, 2.05) is 0 Å². The van der Waals surface area contributed by atoms with Crippen molar-refractivity contribution in [3.8, 4) is 5.75 Å². The van der Waals surface area contributed by atoms with Crippen molar-refractivity contribution in [3.05, 3.63) is 29.8 Å². The van der Waals surface area contributed by atoms with Crippen LogP contribution in [0.4, 0.5) is 0 Å². The molecule has 0 fully saturated rings. The van der Waals surface area contributed by atoms with Crippen LogP contribution in [0.2, 0.25) is 0 Å². The number of rotatable bonds is 24. The summed E-state index contributed by atoms with van der Waals surface area (Å²) < 4.78 is 0. The average molecular weight is 752 g/mol. The van der Waals surface area contributed by atoms with E-state index in [4.69, 9.17) is 17.2 Å². The molecule has 0 aliphatic rings. The molecule has 0 saturated heterocycles. The molecule has 1 rings (SSSR count). The highest BCUT2D eigenvalue weighted by Crippen LogP contribution is 2.11. The number of primary amides is 2. The van der Waals surface area contributed by atoms with Crippen LogP contribution in [0.25, 0.3) is 0 Å². The number of phenols is 1. The van der Waals surface area contributed by atoms with Crippen LogP contribution >= 0.6 is 0 Å². The quantitative estimate of drug-likeness (QED) is 0.0472. The van der Waals surface area contributed by atoms with E-state index in [9.17, 15) is 58.5 Å². The first kappa shape index (κ1) is 45.2. The Labute approximate surface area is 304 Å². The fourth-order valence-electron chi connectivity index (χ4n) is 4.60. The number of carbonyl (C=O) groups is 9. The lowest BCUT2D eigenvalue weighted by molar-refractivity contribution is -0.142. The molecule has 1 aromatic rings. The summed E-state index contributed by atoms with van der Waals surface area (Å²) in [6.45, 7) is 1.18. The minimum Gasteiger partial charge on any atom is -0.508 e. The molecule has 5 atom stereocenters. The van der Waals surface area contributed by atoms with Crippen molar-refractivity contribution in [3.63, 3.8) is 0 Å². The molecular formula is C32H49N9O12. The van der Waals surface area contributed by atoms with Gasteiger partial charge < -0.3 is 64.4 Å². The van der Waals surface area contributed by atoms with Crippen molar-refractivity contribution in [1.82, 2.24) is 31.9 Å². The normalized spacial score (nSPS) is 13.6. The second-order valence-corrected chi connectivity index (χ2v) is 12.4. The van der Waals surface area contributed by atoms with Crippen LogP contribution in [-0.2, 0) is 49.6 Å². The molecule has 0 bridgehead atoms. The van der Waals surface area contributed by atoms with Gasteiger partial charge in [0.25, 0.3) is 0 Å². The zero-order valence-electron chi connectivity index (χ0n) is 29.4. The molecule has 0 saturated carbocycles. The third-order valence-corrected chi connectivity index (χ3v) is 7.37. The molecule has 21 heteroatoms. The summed E-state index contributed by atoms with van der Waals surface area (Å²) in [4.78, 5) is 110. The number of hydrogen-bond acceptors (Lipinski definition) is 12. The lowest BCUT2D eigenvalue weighted by atomic mass is 10.0. The summed E-state index contributed by atoms with van der Waals surface area (Å²) in [5.41, 5.74) is 16.8. The van der Waals surface area contributed by atoms with Crippen molar-refractivity contribution in [2.75, 3.05) is 19.7 Å². The second kappa shape index (κ2) is 22.9. The summed E-state index contributed by atoms with van der Waals surface area (Å²) in [7, 11) is 0. The molecule has 21 nitrogen and oxygen atoms in total. The maximum absolute atomic E-state index is 13.3. The number of aliphatic carboxylic acids is 1. The monoisotopic (exact) mass is 751 g/mol. The van der Waals surface area contributed by atoms with Crippen LogP contribution in [0.5, 0.6) is 5.75 Å². The molecule has 0 radical (unpaired) electrons. The topological polar surface area (TPSA) is 365 Å². The van der Waals surface area contributed by atoms with Gasteiger partial charge in [-0.25, -0.2) is 4.79 Å². The Morgan fingerprint density at radius 1 is 0.660 bits per heavy atom. The molecule has 53 heavy (non-hydrogen) atoms. The van der Waals surface area contributed by atoms with Gasteiger partial charge in [-0.15, -0.1) is 0 Å². The zero-order chi connectivity index (χ0) is 40.2. The number of benzene rings is 1. The Morgan fingerprint density at radius 2 is 1.13 bits per heavy atom. The van der Waals surface area contributed by atoms with Gasteiger partial charge in [0, 0.05) is 12.8 Å². The summed E-state index contributed by atoms with van der Waals surface area (Å²) in [6.07, 6.45) is -1.15. The standard InChI is InChI=1S/C32H49N9O12/c1-16(2)11-22(29(49)37-14-27(47)39-23(15-42)31(51)40-21(32(52)53)8-10-25(35)45)41-30(50)20(7-9-24(34)44)38-26(46)13-36-28(48)19(33)12-17-3-5-18(43)6-4-17/h3-6,16,19-23,42-43H,7-15,33H2,1-2H3,(H2,34,44)(H2,35,45)(H,36,48)(H,37,49)(H,38,46)(H,39,47)(H,40,51)(H,41,50)(H,52,53)/t19-,20-,21-,22-,23-/m0/s1. The Bertz CT molecular complexity index is 1470. The van der Waals surface area contributed by atoms with Crippen LogP contribution < -0.4 is 49.1 Å². The number of carboxylic acid groups (broad SMARTS) is 1. The van der Waals surface area contributed by atoms with E-state index < -0.39 is 103 Å². The lowest BCUT2D eigenvalue weighted by Gasteiger charge is -2.24. The van der Waals surface area contributed by atoms with Gasteiger partial charge in [-0.1, -0.05) is 26.0 Å². The maximum Gasteiger partial charge on any atom is 0.326 e. The van der Waals surface area contributed by atoms with Crippen LogP contribution in [0.1, 0.15) is 51.5 Å². The largest absolute Gasteiger partial charge is 0.508 e. The van der Waals surface area contributed by atoms with E-state index in [1.54, 1.807) is 26.0 Å². The van der Waals surface area contributed by atoms with Gasteiger partial charge in [-0.3, -0.25) is 38.4 Å². The number of aliphatic hydroxyl groups is 1. The Balaban J connectivity index is 2.85. The second-order valence-electron chi connectivity index (χ2n) is 12.4. The van der Waals surface area contributed by atoms with Gasteiger partial charge in [0.15, 0.2) is 0 Å². The minimum atomic E-state index is -1.63. The van der Waals surface area contributed by atoms with Gasteiger partial charge in [-0.2, -0.15) is 0 Å². The van der Waals surface area contributed by atoms with Gasteiger partial charge in [-0.05, 0) is 49.3 Å². The van der Waals surface area contributed by atoms with Crippen LogP contribution in [-0.4, -0.2) is 118 Å². The number of aliphatic hydroxyl groups excluding tert-OH is 1. The van der Waals surface area contributed by atoms with Crippen LogP contribution in [0.15, 0.2) is 24.3 Å². The molecule has 1 aromatic carbocycles. The molecule has 0 heterocycles. The highest BCUT2D eigenvalue weighted by atomic mass is 16.4. The molecule has 0 aromatic heterocycles. The number of nitrogens with one attached hydrogen (secondary N) is 6. The first-order valence-electron chi connectivity index (χ1n) is 16.5. The molecule has 0 aliphatic heterocycles. The molecule has 15 N–H and O–H groups in total. The summed E-state index contributed by atoms with van der Waals surface area (Å²) in [5.74, 6) is -8.53. The van der Waals surface area contributed by atoms with Crippen molar-refractivity contribution in [1.29, 1.82) is 0 Å². The van der Waals surface area contributed by atoms with Crippen molar-refractivity contribution >= 4 is 53.2 Å². The highest BCUT2D eigenvalue weighted by molar-refractivity contribution is 5.95. The Hall–Kier alpha value is -5.83. The van der Waals surface area contributed by atoms with Gasteiger partial charge in [0.05, 0.1) is 25.7 Å². The van der Waals surface area contributed by atoms with Crippen molar-refractivity contribution < 1.29 is 58.5 Å². The fraction of sp³-hybridized carbons (Fsp3) is 0.531.